The maximum atomic E-state index is 11.8. The zero-order valence-corrected chi connectivity index (χ0v) is 12.7. The van der Waals surface area contributed by atoms with E-state index in [0.29, 0.717) is 11.5 Å². The number of anilines is 1. The van der Waals surface area contributed by atoms with E-state index in [-0.39, 0.29) is 13.2 Å². The molecule has 120 valence electrons. The Balaban J connectivity index is 1.76. The summed E-state index contributed by atoms with van der Waals surface area (Å²) in [7, 11) is 0. The van der Waals surface area contributed by atoms with Crippen molar-refractivity contribution in [1.29, 1.82) is 0 Å². The zero-order chi connectivity index (χ0) is 16.1. The molecule has 0 saturated carbocycles. The molecule has 1 amide bonds. The maximum absolute atomic E-state index is 11.8. The largest absolute Gasteiger partial charge is 0.450 e. The summed E-state index contributed by atoms with van der Waals surface area (Å²) in [5, 5.41) is 5.83. The summed E-state index contributed by atoms with van der Waals surface area (Å²) in [4.78, 5) is 11.8. The highest BCUT2D eigenvalue weighted by Gasteiger charge is 2.43. The van der Waals surface area contributed by atoms with Gasteiger partial charge in [-0.3, -0.25) is 0 Å². The molecule has 1 heterocycles. The predicted molar refractivity (Wildman–Crippen MR) is 85.5 cm³/mol. The van der Waals surface area contributed by atoms with E-state index in [2.05, 4.69) is 10.6 Å². The second-order valence-corrected chi connectivity index (χ2v) is 4.97. The molecule has 0 aliphatic carbocycles. The minimum absolute atomic E-state index is 0.213. The van der Waals surface area contributed by atoms with E-state index in [4.69, 9.17) is 14.2 Å². The molecule has 0 bridgehead atoms. The Morgan fingerprint density at radius 1 is 1.04 bits per heavy atom. The van der Waals surface area contributed by atoms with Crippen molar-refractivity contribution in [1.82, 2.24) is 5.32 Å². The number of amides is 1. The van der Waals surface area contributed by atoms with E-state index in [1.165, 1.54) is 0 Å². The van der Waals surface area contributed by atoms with Gasteiger partial charge in [-0.2, -0.15) is 0 Å². The van der Waals surface area contributed by atoms with Crippen LogP contribution in [0.15, 0.2) is 54.6 Å². The lowest BCUT2D eigenvalue weighted by Gasteiger charge is -2.28. The zero-order valence-electron chi connectivity index (χ0n) is 12.7. The first kappa shape index (κ1) is 15.0. The van der Waals surface area contributed by atoms with Gasteiger partial charge in [-0.05, 0) is 31.2 Å². The Kier molecular flexibility index (Phi) is 4.23. The molecule has 0 saturated heterocycles. The van der Waals surface area contributed by atoms with Gasteiger partial charge in [0.05, 0.1) is 6.61 Å². The number of rotatable bonds is 5. The van der Waals surface area contributed by atoms with Crippen molar-refractivity contribution in [3.05, 3.63) is 54.6 Å². The molecule has 0 radical (unpaired) electrons. The Morgan fingerprint density at radius 3 is 2.26 bits per heavy atom. The standard InChI is InChI=1S/C17H18N2O4/c1-2-21-16(20)19-17(12-18-13-8-4-3-5-9-13)22-14-10-6-7-11-15(14)23-17/h3-11,18H,2,12H2,1H3,(H,19,20). The van der Waals surface area contributed by atoms with Crippen LogP contribution >= 0.6 is 0 Å². The third kappa shape index (κ3) is 3.48. The number of para-hydroxylation sites is 3. The van der Waals surface area contributed by atoms with Crippen LogP contribution in [0.1, 0.15) is 6.92 Å². The number of carbonyl (C=O) groups is 1. The molecule has 0 fully saturated rings. The summed E-state index contributed by atoms with van der Waals surface area (Å²) >= 11 is 0. The summed E-state index contributed by atoms with van der Waals surface area (Å²) in [6.07, 6.45) is -0.602. The topological polar surface area (TPSA) is 68.8 Å². The van der Waals surface area contributed by atoms with Crippen LogP contribution in [0.25, 0.3) is 0 Å². The van der Waals surface area contributed by atoms with Crippen molar-refractivity contribution >= 4 is 11.8 Å². The summed E-state index contributed by atoms with van der Waals surface area (Å²) in [6.45, 7) is 2.21. The number of benzene rings is 2. The van der Waals surface area contributed by atoms with Crippen LogP contribution in [0, 0.1) is 0 Å². The normalized spacial score (nSPS) is 14.1. The number of hydrogen-bond donors (Lipinski definition) is 2. The molecule has 0 atom stereocenters. The van der Waals surface area contributed by atoms with Crippen LogP contribution in [-0.4, -0.2) is 25.2 Å². The first-order valence-corrected chi connectivity index (χ1v) is 7.42. The predicted octanol–water partition coefficient (Wildman–Crippen LogP) is 2.97. The van der Waals surface area contributed by atoms with E-state index >= 15 is 0 Å². The van der Waals surface area contributed by atoms with Crippen LogP contribution in [-0.2, 0) is 4.74 Å². The van der Waals surface area contributed by atoms with E-state index in [1.807, 2.05) is 42.5 Å². The summed E-state index contributed by atoms with van der Waals surface area (Å²) in [5.41, 5.74) is 0.890. The van der Waals surface area contributed by atoms with Gasteiger partial charge in [0.15, 0.2) is 11.5 Å². The fraction of sp³-hybridized carbons (Fsp3) is 0.235. The van der Waals surface area contributed by atoms with Crippen molar-refractivity contribution in [3.8, 4) is 11.5 Å². The number of hydrogen-bond acceptors (Lipinski definition) is 5. The molecular weight excluding hydrogens is 296 g/mol. The van der Waals surface area contributed by atoms with Crippen LogP contribution in [0.5, 0.6) is 11.5 Å². The third-order valence-electron chi connectivity index (χ3n) is 3.27. The lowest BCUT2D eigenvalue weighted by molar-refractivity contribution is -0.0904. The second kappa shape index (κ2) is 6.48. The number of nitrogens with one attached hydrogen (secondary N) is 2. The first-order chi connectivity index (χ1) is 11.2. The van der Waals surface area contributed by atoms with Gasteiger partial charge in [-0.25, -0.2) is 10.1 Å². The number of ether oxygens (including phenoxy) is 3. The number of carbonyl (C=O) groups excluding carboxylic acids is 1. The average molecular weight is 314 g/mol. The van der Waals surface area contributed by atoms with Crippen LogP contribution < -0.4 is 20.1 Å². The molecule has 6 nitrogen and oxygen atoms in total. The summed E-state index contributed by atoms with van der Waals surface area (Å²) in [6, 6.07) is 16.8. The number of fused-ring (bicyclic) bond motifs is 1. The van der Waals surface area contributed by atoms with Gasteiger partial charge in [0, 0.05) is 5.69 Å². The second-order valence-electron chi connectivity index (χ2n) is 4.97. The maximum Gasteiger partial charge on any atom is 0.413 e. The molecule has 6 heteroatoms. The Hall–Kier alpha value is -2.89. The van der Waals surface area contributed by atoms with Gasteiger partial charge in [0.25, 0.3) is 0 Å². The highest BCUT2D eigenvalue weighted by atomic mass is 16.8. The van der Waals surface area contributed by atoms with Crippen molar-refractivity contribution in [2.24, 2.45) is 0 Å². The minimum atomic E-state index is -1.36. The number of alkyl carbamates (subject to hydrolysis) is 1. The van der Waals surface area contributed by atoms with Crippen LogP contribution in [0.3, 0.4) is 0 Å². The molecule has 0 spiro atoms. The molecule has 3 rings (SSSR count). The van der Waals surface area contributed by atoms with Crippen molar-refractivity contribution in [3.63, 3.8) is 0 Å². The fourth-order valence-corrected chi connectivity index (χ4v) is 2.26. The molecule has 2 aromatic rings. The minimum Gasteiger partial charge on any atom is -0.450 e. The van der Waals surface area contributed by atoms with E-state index < -0.39 is 12.0 Å². The molecule has 1 aliphatic heterocycles. The smallest absolute Gasteiger partial charge is 0.413 e. The molecule has 0 unspecified atom stereocenters. The lowest BCUT2D eigenvalue weighted by atomic mass is 10.3. The third-order valence-corrected chi connectivity index (χ3v) is 3.27. The molecule has 2 aromatic carbocycles. The Morgan fingerprint density at radius 2 is 1.65 bits per heavy atom. The SMILES string of the molecule is CCOC(=O)NC1(CNc2ccccc2)Oc2ccccc2O1. The van der Waals surface area contributed by atoms with Crippen LogP contribution in [0.4, 0.5) is 10.5 Å². The first-order valence-electron chi connectivity index (χ1n) is 7.42. The Labute approximate surface area is 134 Å². The van der Waals surface area contributed by atoms with E-state index in [1.54, 1.807) is 19.1 Å². The van der Waals surface area contributed by atoms with Crippen molar-refractivity contribution in [2.45, 2.75) is 12.8 Å². The van der Waals surface area contributed by atoms with Crippen LogP contribution in [0.2, 0.25) is 0 Å². The highest BCUT2D eigenvalue weighted by Crippen LogP contribution is 2.38. The molecular formula is C17H18N2O4. The summed E-state index contributed by atoms with van der Waals surface area (Å²) in [5.74, 6) is -0.218. The van der Waals surface area contributed by atoms with Gasteiger partial charge < -0.3 is 19.5 Å². The van der Waals surface area contributed by atoms with Crippen molar-refractivity contribution < 1.29 is 19.0 Å². The molecule has 1 aliphatic rings. The monoisotopic (exact) mass is 314 g/mol. The molecule has 23 heavy (non-hydrogen) atoms. The van der Waals surface area contributed by atoms with Gasteiger partial charge in [-0.1, -0.05) is 30.3 Å². The fourth-order valence-electron chi connectivity index (χ4n) is 2.26. The van der Waals surface area contributed by atoms with E-state index in [9.17, 15) is 4.79 Å². The lowest BCUT2D eigenvalue weighted by Crippen LogP contribution is -2.59. The Bertz CT molecular complexity index is 650. The molecule has 2 N–H and O–H groups in total. The van der Waals surface area contributed by atoms with E-state index in [0.717, 1.165) is 5.69 Å². The van der Waals surface area contributed by atoms with Crippen molar-refractivity contribution in [2.75, 3.05) is 18.5 Å². The van der Waals surface area contributed by atoms with Gasteiger partial charge in [0.2, 0.25) is 0 Å². The van der Waals surface area contributed by atoms with Gasteiger partial charge >= 0.3 is 12.0 Å². The summed E-state index contributed by atoms with van der Waals surface area (Å²) < 4.78 is 16.6. The quantitative estimate of drug-likeness (QED) is 0.888. The average Bonchev–Trinajstić information content (AvgIpc) is 2.92. The highest BCUT2D eigenvalue weighted by molar-refractivity contribution is 5.68. The molecule has 0 aromatic heterocycles. The van der Waals surface area contributed by atoms with Gasteiger partial charge in [0.1, 0.15) is 6.54 Å². The van der Waals surface area contributed by atoms with Gasteiger partial charge in [-0.15, -0.1) is 0 Å².